The van der Waals surface area contributed by atoms with Crippen LogP contribution >= 0.6 is 0 Å². The Labute approximate surface area is 62.0 Å². The zero-order valence-electron chi connectivity index (χ0n) is 1.72. The molecule has 0 heterocycles. The summed E-state index contributed by atoms with van der Waals surface area (Å²) < 4.78 is 0. The van der Waals surface area contributed by atoms with Gasteiger partial charge in [0.15, 0.2) is 0 Å². The molecule has 0 N–H and O–H groups in total. The second-order valence-electron chi connectivity index (χ2n) is 0. The first-order valence-corrected chi connectivity index (χ1v) is 0. The third-order valence-corrected chi connectivity index (χ3v) is 0. The Bertz CT molecular complexity index is 3.25. The van der Waals surface area contributed by atoms with E-state index in [4.69, 9.17) is 0 Å². The molecule has 0 saturated carbocycles. The maximum absolute atomic E-state index is 0. The molecule has 0 unspecified atom stereocenters. The third kappa shape index (κ3) is 9.24. The molecule has 0 saturated heterocycles. The standard InChI is InChI=1S/3S.Ti/q3*-2;+6. The van der Waals surface area contributed by atoms with E-state index in [9.17, 15) is 0 Å². The Balaban J connectivity index is 0. The van der Waals surface area contributed by atoms with E-state index in [0.717, 1.165) is 0 Å². The second kappa shape index (κ2) is 21.7. The number of hydrogen-bond donors (Lipinski definition) is 0. The molecule has 0 bridgehead atoms. The van der Waals surface area contributed by atoms with Crippen LogP contribution in [0.3, 0.4) is 0 Å². The van der Waals surface area contributed by atoms with Gasteiger partial charge in [0.2, 0.25) is 0 Å². The van der Waals surface area contributed by atoms with E-state index in [1.165, 1.54) is 0 Å². The van der Waals surface area contributed by atoms with Crippen molar-refractivity contribution in [2.24, 2.45) is 0 Å². The third-order valence-electron chi connectivity index (χ3n) is 0. The van der Waals surface area contributed by atoms with Crippen molar-refractivity contribution in [1.82, 2.24) is 0 Å². The van der Waals surface area contributed by atoms with Crippen molar-refractivity contribution >= 4 is 40.5 Å². The van der Waals surface area contributed by atoms with E-state index in [2.05, 4.69) is 0 Å². The van der Waals surface area contributed by atoms with E-state index in [1.807, 2.05) is 0 Å². The summed E-state index contributed by atoms with van der Waals surface area (Å²) in [5.41, 5.74) is 0. The van der Waals surface area contributed by atoms with Gasteiger partial charge in [-0.1, -0.05) is 0 Å². The molecule has 22 valence electrons. The minimum Gasteiger partial charge on any atom is -2.00 e. The number of rotatable bonds is 0. The second-order valence-corrected chi connectivity index (χ2v) is 0. The molecule has 0 aliphatic heterocycles. The van der Waals surface area contributed by atoms with Crippen molar-refractivity contribution in [3.8, 4) is 0 Å². The first-order chi connectivity index (χ1) is 0. The van der Waals surface area contributed by atoms with Gasteiger partial charge in [-0.05, 0) is 0 Å². The normalized spacial score (nSPS) is 0. The quantitative estimate of drug-likeness (QED) is 0.419. The first kappa shape index (κ1) is 42.0. The number of hydrogen-bond acceptors (Lipinski definition) is 0. The van der Waals surface area contributed by atoms with Crippen LogP contribution in [0.1, 0.15) is 0 Å². The average Bonchev–Trinajstić information content (AvgIpc) is 0. The van der Waals surface area contributed by atoms with Crippen LogP contribution in [-0.2, 0) is 62.2 Å². The van der Waals surface area contributed by atoms with Crippen LogP contribution in [0, 0.1) is 0 Å². The summed E-state index contributed by atoms with van der Waals surface area (Å²) >= 11 is 0. The van der Waals surface area contributed by atoms with Gasteiger partial charge in [0.05, 0.1) is 0 Å². The summed E-state index contributed by atoms with van der Waals surface area (Å²) in [5, 5.41) is 0. The van der Waals surface area contributed by atoms with Gasteiger partial charge in [-0.3, -0.25) is 0 Å². The van der Waals surface area contributed by atoms with Crippen molar-refractivity contribution in [3.05, 3.63) is 0 Å². The minimum atomic E-state index is 0. The maximum Gasteiger partial charge on any atom is 6.00 e. The molecule has 0 aromatic carbocycles. The van der Waals surface area contributed by atoms with Crippen molar-refractivity contribution in [1.29, 1.82) is 0 Å². The Morgan fingerprint density at radius 1 is 0.500 bits per heavy atom. The Kier molecular flexibility index (Phi) is 228. The van der Waals surface area contributed by atoms with Crippen LogP contribution in [0.5, 0.6) is 0 Å². The summed E-state index contributed by atoms with van der Waals surface area (Å²) in [6, 6.07) is 0. The van der Waals surface area contributed by atoms with Gasteiger partial charge in [-0.2, -0.15) is 0 Å². The largest absolute Gasteiger partial charge is 6.00 e. The molecule has 0 rings (SSSR count). The average molecular weight is 144 g/mol. The molecular formula is S3Ti. The minimum absolute atomic E-state index is 0. The molecule has 0 aliphatic carbocycles. The van der Waals surface area contributed by atoms with Crippen LogP contribution in [0.15, 0.2) is 0 Å². The zero-order valence-corrected chi connectivity index (χ0v) is 5.74. The van der Waals surface area contributed by atoms with Gasteiger partial charge in [0.1, 0.15) is 0 Å². The van der Waals surface area contributed by atoms with Gasteiger partial charge in [-0.25, -0.2) is 0 Å². The predicted octanol–water partition coefficient (Wildman–Crippen LogP) is -0.00970. The van der Waals surface area contributed by atoms with Crippen molar-refractivity contribution < 1.29 is 21.7 Å². The summed E-state index contributed by atoms with van der Waals surface area (Å²) in [6.45, 7) is 0. The predicted molar refractivity (Wildman–Crippen MR) is 22.1 cm³/mol. The molecule has 4 heteroatoms. The van der Waals surface area contributed by atoms with Crippen LogP contribution in [0.25, 0.3) is 0 Å². The van der Waals surface area contributed by atoms with E-state index >= 15 is 0 Å². The molecule has 0 fully saturated rings. The monoisotopic (exact) mass is 144 g/mol. The topological polar surface area (TPSA) is 0 Å². The van der Waals surface area contributed by atoms with Gasteiger partial charge in [0, 0.05) is 0 Å². The molecule has 0 spiro atoms. The van der Waals surface area contributed by atoms with Gasteiger partial charge in [0.25, 0.3) is 0 Å². The Hall–Kier alpha value is 1.76. The molecule has 0 aromatic heterocycles. The van der Waals surface area contributed by atoms with Gasteiger partial charge < -0.3 is 40.5 Å². The van der Waals surface area contributed by atoms with Crippen LogP contribution in [0.4, 0.5) is 0 Å². The van der Waals surface area contributed by atoms with E-state index < -0.39 is 0 Å². The molecule has 0 nitrogen and oxygen atoms in total. The molecule has 0 radical (unpaired) electrons. The summed E-state index contributed by atoms with van der Waals surface area (Å²) in [5.74, 6) is 0. The first-order valence-electron chi connectivity index (χ1n) is 0. The molecular weight excluding hydrogens is 144 g/mol. The molecule has 4 heavy (non-hydrogen) atoms. The van der Waals surface area contributed by atoms with Gasteiger partial charge >= 0.3 is 21.7 Å². The van der Waals surface area contributed by atoms with E-state index in [-0.39, 0.29) is 62.2 Å². The van der Waals surface area contributed by atoms with E-state index in [1.54, 1.807) is 0 Å². The van der Waals surface area contributed by atoms with E-state index in [0.29, 0.717) is 0 Å². The Morgan fingerprint density at radius 3 is 0.500 bits per heavy atom. The summed E-state index contributed by atoms with van der Waals surface area (Å²) in [7, 11) is 0. The fraction of sp³-hybridized carbons (Fsp3) is 0. The van der Waals surface area contributed by atoms with Gasteiger partial charge in [-0.15, -0.1) is 0 Å². The summed E-state index contributed by atoms with van der Waals surface area (Å²) in [6.07, 6.45) is 0. The molecule has 0 atom stereocenters. The van der Waals surface area contributed by atoms with Crippen molar-refractivity contribution in [3.63, 3.8) is 0 Å². The fourth-order valence-electron chi connectivity index (χ4n) is 0. The van der Waals surface area contributed by atoms with Crippen LogP contribution in [-0.4, -0.2) is 0 Å². The SMILES string of the molecule is [S-2].[S-2].[S-2].[Ti+6]. The zero-order chi connectivity index (χ0) is 0. The van der Waals surface area contributed by atoms with Crippen molar-refractivity contribution in [2.45, 2.75) is 0 Å². The Morgan fingerprint density at radius 2 is 0.500 bits per heavy atom. The summed E-state index contributed by atoms with van der Waals surface area (Å²) in [4.78, 5) is 0. The molecule has 0 amide bonds. The fourth-order valence-corrected chi connectivity index (χ4v) is 0. The molecule has 0 aromatic rings. The molecule has 0 aliphatic rings. The van der Waals surface area contributed by atoms with Crippen LogP contribution in [0.2, 0.25) is 0 Å². The smallest absolute Gasteiger partial charge is 2.00 e. The maximum atomic E-state index is 0. The van der Waals surface area contributed by atoms with Crippen LogP contribution < -0.4 is 0 Å². The van der Waals surface area contributed by atoms with Crippen molar-refractivity contribution in [2.75, 3.05) is 0 Å².